The van der Waals surface area contributed by atoms with Crippen molar-refractivity contribution in [2.75, 3.05) is 0 Å². The van der Waals surface area contributed by atoms with Crippen LogP contribution in [0.3, 0.4) is 0 Å². The van der Waals surface area contributed by atoms with E-state index in [1.165, 1.54) is 0 Å². The molecular weight excluding hydrogens is 245 g/mol. The zero-order valence-corrected chi connectivity index (χ0v) is 10.1. The fourth-order valence-corrected chi connectivity index (χ4v) is 2.04. The second kappa shape index (κ2) is 4.68. The molecule has 0 fully saturated rings. The van der Waals surface area contributed by atoms with E-state index in [0.717, 1.165) is 5.69 Å². The Bertz CT molecular complexity index is 495. The van der Waals surface area contributed by atoms with Crippen LogP contribution in [0.2, 0.25) is 10.0 Å². The number of nitrogens with zero attached hydrogens (tertiary/aromatic N) is 3. The Morgan fingerprint density at radius 3 is 2.50 bits per heavy atom. The van der Waals surface area contributed by atoms with Crippen LogP contribution in [0.25, 0.3) is 5.69 Å². The van der Waals surface area contributed by atoms with E-state index in [9.17, 15) is 0 Å². The monoisotopic (exact) mass is 253 g/mol. The van der Waals surface area contributed by atoms with E-state index >= 15 is 0 Å². The quantitative estimate of drug-likeness (QED) is 0.747. The van der Waals surface area contributed by atoms with Gasteiger partial charge in [0.15, 0.2) is 0 Å². The maximum Gasteiger partial charge on any atom is 0.102 e. The zero-order valence-electron chi connectivity index (χ0n) is 8.56. The summed E-state index contributed by atoms with van der Waals surface area (Å²) in [6.07, 6.45) is 5.15. The summed E-state index contributed by atoms with van der Waals surface area (Å²) in [5.74, 6) is 0. The second-order valence-electron chi connectivity index (χ2n) is 3.10. The minimum atomic E-state index is 0.525. The molecule has 1 heterocycles. The molecule has 1 aromatic carbocycles. The lowest BCUT2D eigenvalue weighted by Gasteiger charge is -2.07. The van der Waals surface area contributed by atoms with Gasteiger partial charge < -0.3 is 0 Å². The summed E-state index contributed by atoms with van der Waals surface area (Å²) in [5.41, 5.74) is 1.40. The molecule has 1 aromatic heterocycles. The predicted molar refractivity (Wildman–Crippen MR) is 67.4 cm³/mol. The Morgan fingerprint density at radius 2 is 2.00 bits per heavy atom. The van der Waals surface area contributed by atoms with Crippen molar-refractivity contribution in [3.05, 3.63) is 40.6 Å². The van der Waals surface area contributed by atoms with Gasteiger partial charge in [-0.1, -0.05) is 23.2 Å². The first-order valence-corrected chi connectivity index (χ1v) is 5.45. The van der Waals surface area contributed by atoms with Gasteiger partial charge in [-0.3, -0.25) is 4.99 Å². The van der Waals surface area contributed by atoms with Crippen LogP contribution < -0.4 is 0 Å². The van der Waals surface area contributed by atoms with Crippen molar-refractivity contribution in [3.8, 4) is 5.69 Å². The van der Waals surface area contributed by atoms with Gasteiger partial charge >= 0.3 is 0 Å². The van der Waals surface area contributed by atoms with Crippen LogP contribution >= 0.6 is 23.2 Å². The first-order valence-electron chi connectivity index (χ1n) is 4.70. The van der Waals surface area contributed by atoms with Crippen molar-refractivity contribution in [2.45, 2.75) is 6.92 Å². The first-order chi connectivity index (χ1) is 7.72. The van der Waals surface area contributed by atoms with Gasteiger partial charge in [-0.25, -0.2) is 4.68 Å². The standard InChI is InChI=1S/C11H9Cl2N3/c1-2-14-8-6-9(12)11(10(13)7-8)16-5-3-4-15-16/h2-7H,1H3. The summed E-state index contributed by atoms with van der Waals surface area (Å²) in [4.78, 5) is 4.13. The summed E-state index contributed by atoms with van der Waals surface area (Å²) in [6.45, 7) is 1.84. The Hall–Kier alpha value is -1.32. The molecule has 0 aliphatic heterocycles. The third-order valence-electron chi connectivity index (χ3n) is 2.01. The van der Waals surface area contributed by atoms with Gasteiger partial charge in [0.05, 0.1) is 15.7 Å². The zero-order chi connectivity index (χ0) is 11.5. The Balaban J connectivity index is 2.56. The van der Waals surface area contributed by atoms with Crippen molar-refractivity contribution >= 4 is 35.1 Å². The van der Waals surface area contributed by atoms with E-state index in [0.29, 0.717) is 15.7 Å². The topological polar surface area (TPSA) is 30.2 Å². The van der Waals surface area contributed by atoms with Crippen LogP contribution in [0.5, 0.6) is 0 Å². The third kappa shape index (κ3) is 2.10. The molecule has 0 aliphatic carbocycles. The molecule has 82 valence electrons. The normalized spacial score (nSPS) is 11.2. The highest BCUT2D eigenvalue weighted by molar-refractivity contribution is 6.38. The average Bonchev–Trinajstić information content (AvgIpc) is 2.70. The van der Waals surface area contributed by atoms with Gasteiger partial charge in [0.25, 0.3) is 0 Å². The van der Waals surface area contributed by atoms with Gasteiger partial charge in [-0.15, -0.1) is 0 Å². The van der Waals surface area contributed by atoms with E-state index in [2.05, 4.69) is 10.1 Å². The lowest BCUT2D eigenvalue weighted by molar-refractivity contribution is 0.881. The van der Waals surface area contributed by atoms with Crippen molar-refractivity contribution in [3.63, 3.8) is 0 Å². The molecule has 0 unspecified atom stereocenters. The van der Waals surface area contributed by atoms with E-state index in [-0.39, 0.29) is 0 Å². The van der Waals surface area contributed by atoms with Gasteiger partial charge in [0.2, 0.25) is 0 Å². The van der Waals surface area contributed by atoms with Gasteiger partial charge in [0, 0.05) is 18.6 Å². The molecule has 0 N–H and O–H groups in total. The smallest absolute Gasteiger partial charge is 0.102 e. The molecule has 2 rings (SSSR count). The molecule has 16 heavy (non-hydrogen) atoms. The number of hydrogen-bond acceptors (Lipinski definition) is 2. The number of aliphatic imine (C=N–C) groups is 1. The number of halogens is 2. The molecule has 3 nitrogen and oxygen atoms in total. The molecule has 0 amide bonds. The van der Waals surface area contributed by atoms with Gasteiger partial charge in [-0.2, -0.15) is 5.10 Å². The van der Waals surface area contributed by atoms with E-state index in [1.807, 2.05) is 13.0 Å². The fraction of sp³-hybridized carbons (Fsp3) is 0.0909. The van der Waals surface area contributed by atoms with Gasteiger partial charge in [0.1, 0.15) is 5.69 Å². The number of hydrogen-bond donors (Lipinski definition) is 0. The Kier molecular flexibility index (Phi) is 3.27. The van der Waals surface area contributed by atoms with Crippen LogP contribution in [0.1, 0.15) is 6.92 Å². The summed E-state index contributed by atoms with van der Waals surface area (Å²) < 4.78 is 1.63. The maximum absolute atomic E-state index is 6.14. The third-order valence-corrected chi connectivity index (χ3v) is 2.59. The fourth-order valence-electron chi connectivity index (χ4n) is 1.40. The number of aromatic nitrogens is 2. The summed E-state index contributed by atoms with van der Waals surface area (Å²) in [7, 11) is 0. The Morgan fingerprint density at radius 1 is 1.31 bits per heavy atom. The summed E-state index contributed by atoms with van der Waals surface area (Å²) >= 11 is 12.3. The minimum Gasteiger partial charge on any atom is -0.261 e. The van der Waals surface area contributed by atoms with E-state index < -0.39 is 0 Å². The van der Waals surface area contributed by atoms with Crippen LogP contribution in [0, 0.1) is 0 Å². The van der Waals surface area contributed by atoms with Crippen molar-refractivity contribution < 1.29 is 0 Å². The molecule has 5 heteroatoms. The predicted octanol–water partition coefficient (Wildman–Crippen LogP) is 3.90. The van der Waals surface area contributed by atoms with Gasteiger partial charge in [-0.05, 0) is 25.1 Å². The summed E-state index contributed by atoms with van der Waals surface area (Å²) in [5, 5.41) is 5.14. The SMILES string of the molecule is CC=Nc1cc(Cl)c(-n2cccn2)c(Cl)c1. The Labute approximate surface area is 103 Å². The molecule has 0 aliphatic rings. The molecule has 0 bridgehead atoms. The largest absolute Gasteiger partial charge is 0.261 e. The first kappa shape index (κ1) is 11.2. The maximum atomic E-state index is 6.14. The number of benzene rings is 1. The second-order valence-corrected chi connectivity index (χ2v) is 3.91. The highest BCUT2D eigenvalue weighted by Crippen LogP contribution is 2.32. The van der Waals surface area contributed by atoms with Crippen LogP contribution in [0.4, 0.5) is 5.69 Å². The highest BCUT2D eigenvalue weighted by Gasteiger charge is 2.09. The van der Waals surface area contributed by atoms with Crippen LogP contribution in [-0.2, 0) is 0 Å². The molecule has 0 saturated carbocycles. The highest BCUT2D eigenvalue weighted by atomic mass is 35.5. The van der Waals surface area contributed by atoms with E-state index in [1.54, 1.807) is 35.4 Å². The molecule has 0 spiro atoms. The van der Waals surface area contributed by atoms with Crippen molar-refractivity contribution in [1.82, 2.24) is 9.78 Å². The molecule has 0 radical (unpaired) electrons. The molecule has 2 aromatic rings. The van der Waals surface area contributed by atoms with Crippen molar-refractivity contribution in [1.29, 1.82) is 0 Å². The number of rotatable bonds is 2. The van der Waals surface area contributed by atoms with Crippen LogP contribution in [-0.4, -0.2) is 16.0 Å². The van der Waals surface area contributed by atoms with E-state index in [4.69, 9.17) is 23.2 Å². The lowest BCUT2D eigenvalue weighted by Crippen LogP contribution is -1.96. The average molecular weight is 254 g/mol. The minimum absolute atomic E-state index is 0.525. The summed E-state index contributed by atoms with van der Waals surface area (Å²) in [6, 6.07) is 5.32. The van der Waals surface area contributed by atoms with Crippen LogP contribution in [0.15, 0.2) is 35.6 Å². The lowest BCUT2D eigenvalue weighted by atomic mass is 10.3. The molecule has 0 saturated heterocycles. The molecule has 0 atom stereocenters. The van der Waals surface area contributed by atoms with Crippen molar-refractivity contribution in [2.24, 2.45) is 4.99 Å². The molecular formula is C11H9Cl2N3.